The standard InChI is InChI=1S/C11H16N6O2/c1-7-9(6-13-16(7)4)5-12-10-11(17(18)19)14-8(2)15(10)3/h6,12H,5H2,1-4H3. The van der Waals surface area contributed by atoms with E-state index in [0.29, 0.717) is 18.2 Å². The fourth-order valence-corrected chi connectivity index (χ4v) is 1.81. The van der Waals surface area contributed by atoms with Crippen molar-refractivity contribution in [3.8, 4) is 0 Å². The minimum Gasteiger partial charge on any atom is -0.360 e. The van der Waals surface area contributed by atoms with E-state index in [1.165, 1.54) is 0 Å². The predicted octanol–water partition coefficient (Wildman–Crippen LogP) is 1.29. The van der Waals surface area contributed by atoms with Crippen molar-refractivity contribution in [1.82, 2.24) is 19.3 Å². The van der Waals surface area contributed by atoms with Crippen LogP contribution in [0.5, 0.6) is 0 Å². The van der Waals surface area contributed by atoms with Gasteiger partial charge in [-0.2, -0.15) is 5.10 Å². The first kappa shape index (κ1) is 13.1. The summed E-state index contributed by atoms with van der Waals surface area (Å²) in [6.07, 6.45) is 1.75. The third-order valence-electron chi connectivity index (χ3n) is 3.26. The van der Waals surface area contributed by atoms with Crippen LogP contribution in [0.25, 0.3) is 0 Å². The fourth-order valence-electron chi connectivity index (χ4n) is 1.81. The van der Waals surface area contributed by atoms with E-state index in [-0.39, 0.29) is 5.82 Å². The van der Waals surface area contributed by atoms with Crippen LogP contribution in [-0.2, 0) is 20.6 Å². The maximum atomic E-state index is 10.9. The van der Waals surface area contributed by atoms with Crippen LogP contribution in [0.4, 0.5) is 11.6 Å². The second-order valence-corrected chi connectivity index (χ2v) is 4.38. The number of rotatable bonds is 4. The van der Waals surface area contributed by atoms with Crippen LogP contribution >= 0.6 is 0 Å². The number of anilines is 1. The van der Waals surface area contributed by atoms with Gasteiger partial charge in [0.1, 0.15) is 0 Å². The summed E-state index contributed by atoms with van der Waals surface area (Å²) in [6, 6.07) is 0. The summed E-state index contributed by atoms with van der Waals surface area (Å²) in [7, 11) is 3.60. The molecule has 0 amide bonds. The van der Waals surface area contributed by atoms with E-state index < -0.39 is 4.92 Å². The van der Waals surface area contributed by atoms with Gasteiger partial charge >= 0.3 is 5.82 Å². The van der Waals surface area contributed by atoms with E-state index in [0.717, 1.165) is 11.3 Å². The monoisotopic (exact) mass is 264 g/mol. The Labute approximate surface area is 110 Å². The molecule has 2 aromatic rings. The molecule has 19 heavy (non-hydrogen) atoms. The van der Waals surface area contributed by atoms with Crippen LogP contribution in [-0.4, -0.2) is 24.3 Å². The molecular weight excluding hydrogens is 248 g/mol. The van der Waals surface area contributed by atoms with E-state index in [9.17, 15) is 10.1 Å². The van der Waals surface area contributed by atoms with Crippen LogP contribution in [0.3, 0.4) is 0 Å². The van der Waals surface area contributed by atoms with E-state index >= 15 is 0 Å². The molecule has 0 atom stereocenters. The number of aromatic nitrogens is 4. The van der Waals surface area contributed by atoms with Crippen LogP contribution in [0, 0.1) is 24.0 Å². The van der Waals surface area contributed by atoms with Gasteiger partial charge < -0.3 is 15.4 Å². The second-order valence-electron chi connectivity index (χ2n) is 4.38. The quantitative estimate of drug-likeness (QED) is 0.663. The molecule has 0 bridgehead atoms. The molecule has 8 heteroatoms. The zero-order valence-corrected chi connectivity index (χ0v) is 11.3. The summed E-state index contributed by atoms with van der Waals surface area (Å²) in [6.45, 7) is 4.15. The summed E-state index contributed by atoms with van der Waals surface area (Å²) < 4.78 is 3.43. The minimum atomic E-state index is -0.481. The van der Waals surface area contributed by atoms with E-state index in [4.69, 9.17) is 0 Å². The molecule has 0 aliphatic carbocycles. The van der Waals surface area contributed by atoms with Gasteiger partial charge in [-0.25, -0.2) is 0 Å². The Morgan fingerprint density at radius 2 is 2.11 bits per heavy atom. The third-order valence-corrected chi connectivity index (χ3v) is 3.26. The largest absolute Gasteiger partial charge is 0.406 e. The molecule has 0 radical (unpaired) electrons. The first-order valence-corrected chi connectivity index (χ1v) is 5.81. The third kappa shape index (κ3) is 2.28. The lowest BCUT2D eigenvalue weighted by Gasteiger charge is -2.06. The molecular formula is C11H16N6O2. The summed E-state index contributed by atoms with van der Waals surface area (Å²) in [5.74, 6) is 0.851. The molecule has 0 spiro atoms. The molecule has 0 unspecified atom stereocenters. The summed E-state index contributed by atoms with van der Waals surface area (Å²) >= 11 is 0. The molecule has 2 heterocycles. The number of nitro groups is 1. The van der Waals surface area contributed by atoms with E-state index in [2.05, 4.69) is 15.4 Å². The van der Waals surface area contributed by atoms with Gasteiger partial charge in [0.15, 0.2) is 0 Å². The molecule has 2 rings (SSSR count). The van der Waals surface area contributed by atoms with Crippen molar-refractivity contribution in [3.05, 3.63) is 33.4 Å². The number of nitrogens with one attached hydrogen (secondary N) is 1. The van der Waals surface area contributed by atoms with Gasteiger partial charge in [0, 0.05) is 38.8 Å². The maximum Gasteiger partial charge on any atom is 0.406 e. The van der Waals surface area contributed by atoms with Gasteiger partial charge in [0.25, 0.3) is 0 Å². The Balaban J connectivity index is 2.24. The number of aryl methyl sites for hydroxylation is 2. The van der Waals surface area contributed by atoms with Crippen molar-refractivity contribution in [3.63, 3.8) is 0 Å². The highest BCUT2D eigenvalue weighted by Gasteiger charge is 2.23. The van der Waals surface area contributed by atoms with Gasteiger partial charge in [-0.15, -0.1) is 0 Å². The van der Waals surface area contributed by atoms with Crippen molar-refractivity contribution < 1.29 is 4.92 Å². The molecule has 0 saturated heterocycles. The zero-order chi connectivity index (χ0) is 14.2. The Morgan fingerprint density at radius 3 is 2.63 bits per heavy atom. The van der Waals surface area contributed by atoms with Crippen LogP contribution in [0.2, 0.25) is 0 Å². The number of hydrogen-bond donors (Lipinski definition) is 1. The highest BCUT2D eigenvalue weighted by atomic mass is 16.6. The Kier molecular flexibility index (Phi) is 3.24. The normalized spacial score (nSPS) is 10.7. The topological polar surface area (TPSA) is 90.8 Å². The first-order chi connectivity index (χ1) is 8.91. The lowest BCUT2D eigenvalue weighted by atomic mass is 10.2. The zero-order valence-electron chi connectivity index (χ0n) is 11.3. The maximum absolute atomic E-state index is 10.9. The second kappa shape index (κ2) is 4.71. The molecule has 0 aliphatic rings. The lowest BCUT2D eigenvalue weighted by molar-refractivity contribution is -0.388. The Morgan fingerprint density at radius 1 is 1.42 bits per heavy atom. The highest BCUT2D eigenvalue weighted by molar-refractivity contribution is 5.53. The van der Waals surface area contributed by atoms with Crippen molar-refractivity contribution in [2.24, 2.45) is 14.1 Å². The Hall–Kier alpha value is -2.38. The summed E-state index contributed by atoms with van der Waals surface area (Å²) in [5, 5.41) is 18.1. The average molecular weight is 264 g/mol. The fraction of sp³-hybridized carbons (Fsp3) is 0.455. The minimum absolute atomic E-state index is 0.151. The van der Waals surface area contributed by atoms with Crippen molar-refractivity contribution in [2.45, 2.75) is 20.4 Å². The van der Waals surface area contributed by atoms with E-state index in [1.54, 1.807) is 29.4 Å². The van der Waals surface area contributed by atoms with Gasteiger partial charge in [0.05, 0.1) is 6.20 Å². The van der Waals surface area contributed by atoms with Crippen LogP contribution < -0.4 is 5.32 Å². The molecule has 1 N–H and O–H groups in total. The van der Waals surface area contributed by atoms with E-state index in [1.807, 2.05) is 14.0 Å². The number of nitrogens with zero attached hydrogens (tertiary/aromatic N) is 5. The molecule has 0 fully saturated rings. The highest BCUT2D eigenvalue weighted by Crippen LogP contribution is 2.24. The van der Waals surface area contributed by atoms with Gasteiger partial charge in [-0.1, -0.05) is 0 Å². The SMILES string of the molecule is Cc1c(CNc2c([N+](=O)[O-])nc(C)n2C)cnn1C. The summed E-state index contributed by atoms with van der Waals surface area (Å²) in [4.78, 5) is 14.4. The molecule has 2 aromatic heterocycles. The van der Waals surface area contributed by atoms with Crippen molar-refractivity contribution in [2.75, 3.05) is 5.32 Å². The number of imidazole rings is 1. The lowest BCUT2D eigenvalue weighted by Crippen LogP contribution is -2.07. The molecule has 8 nitrogen and oxygen atoms in total. The number of hydrogen-bond acceptors (Lipinski definition) is 5. The molecule has 102 valence electrons. The van der Waals surface area contributed by atoms with Gasteiger partial charge in [-0.3, -0.25) is 9.25 Å². The van der Waals surface area contributed by atoms with Gasteiger partial charge in [-0.05, 0) is 16.8 Å². The molecule has 0 aromatic carbocycles. The van der Waals surface area contributed by atoms with Crippen molar-refractivity contribution in [1.29, 1.82) is 0 Å². The average Bonchev–Trinajstić information content (AvgIpc) is 2.82. The van der Waals surface area contributed by atoms with Crippen LogP contribution in [0.15, 0.2) is 6.20 Å². The smallest absolute Gasteiger partial charge is 0.360 e. The van der Waals surface area contributed by atoms with Gasteiger partial charge in [0.2, 0.25) is 11.6 Å². The molecule has 0 saturated carbocycles. The van der Waals surface area contributed by atoms with Crippen molar-refractivity contribution >= 4 is 11.6 Å². The molecule has 0 aliphatic heterocycles. The Bertz CT molecular complexity index is 627. The first-order valence-electron chi connectivity index (χ1n) is 5.81. The predicted molar refractivity (Wildman–Crippen MR) is 69.9 cm³/mol. The summed E-state index contributed by atoms with van der Waals surface area (Å²) in [5.41, 5.74) is 2.02. The van der Waals surface area contributed by atoms with Crippen LogP contribution in [0.1, 0.15) is 17.1 Å².